The van der Waals surface area contributed by atoms with E-state index in [4.69, 9.17) is 5.73 Å². The van der Waals surface area contributed by atoms with E-state index in [2.05, 4.69) is 6.07 Å². The average molecular weight is 255 g/mol. The third-order valence-corrected chi connectivity index (χ3v) is 2.39. The van der Waals surface area contributed by atoms with Crippen molar-refractivity contribution in [1.82, 2.24) is 4.57 Å². The van der Waals surface area contributed by atoms with Crippen LogP contribution < -0.4 is 11.3 Å². The molecule has 1 radical (unpaired) electrons. The van der Waals surface area contributed by atoms with E-state index in [1.807, 2.05) is 0 Å². The normalized spacial score (nSPS) is 11.7. The number of nitrogens with zero attached hydrogens (tertiary/aromatic N) is 1. The predicted molar refractivity (Wildman–Crippen MR) is 57.0 cm³/mol. The Balaban J connectivity index is 3.00. The maximum Gasteiger partial charge on any atom is 0.417 e. The number of alkyl halides is 3. The second-order valence-corrected chi connectivity index (χ2v) is 3.51. The highest BCUT2D eigenvalue weighted by molar-refractivity contribution is 5.91. The van der Waals surface area contributed by atoms with Crippen molar-refractivity contribution in [3.05, 3.63) is 46.2 Å². The molecular weight excluding hydrogens is 249 g/mol. The van der Waals surface area contributed by atoms with Crippen LogP contribution in [0.4, 0.5) is 18.0 Å². The maximum absolute atomic E-state index is 12.8. The van der Waals surface area contributed by atoms with Crippen molar-refractivity contribution >= 4 is 16.9 Å². The molecule has 0 aliphatic heterocycles. The fourth-order valence-corrected chi connectivity index (χ4v) is 1.68. The van der Waals surface area contributed by atoms with Crippen LogP contribution in [0.25, 0.3) is 10.9 Å². The SMILES string of the molecule is NC(=O)n1c(=O)cc(C(F)(F)F)c2c[c]ccc21. The summed E-state index contributed by atoms with van der Waals surface area (Å²) in [5, 5.41) is -0.302. The van der Waals surface area contributed by atoms with Gasteiger partial charge in [-0.25, -0.2) is 9.36 Å². The second-order valence-electron chi connectivity index (χ2n) is 3.51. The van der Waals surface area contributed by atoms with Gasteiger partial charge in [-0.2, -0.15) is 13.2 Å². The van der Waals surface area contributed by atoms with Crippen LogP contribution in [0.5, 0.6) is 0 Å². The van der Waals surface area contributed by atoms with Gasteiger partial charge < -0.3 is 5.73 Å². The van der Waals surface area contributed by atoms with Crippen molar-refractivity contribution in [2.24, 2.45) is 5.73 Å². The molecule has 1 heterocycles. The van der Waals surface area contributed by atoms with Gasteiger partial charge in [0.1, 0.15) is 0 Å². The smallest absolute Gasteiger partial charge is 0.351 e. The molecule has 0 atom stereocenters. The number of nitrogens with two attached hydrogens (primary N) is 1. The molecule has 1 aromatic carbocycles. The minimum atomic E-state index is -4.69. The van der Waals surface area contributed by atoms with E-state index in [0.29, 0.717) is 10.6 Å². The monoisotopic (exact) mass is 255 g/mol. The van der Waals surface area contributed by atoms with Gasteiger partial charge in [-0.1, -0.05) is 6.07 Å². The molecular formula is C11H6F3N2O2. The lowest BCUT2D eigenvalue weighted by atomic mass is 10.1. The molecule has 2 rings (SSSR count). The topological polar surface area (TPSA) is 65.1 Å². The maximum atomic E-state index is 12.8. The Morgan fingerprint density at radius 2 is 2.06 bits per heavy atom. The Hall–Kier alpha value is -2.31. The van der Waals surface area contributed by atoms with Gasteiger partial charge in [-0.05, 0) is 18.2 Å². The summed E-state index contributed by atoms with van der Waals surface area (Å²) in [6.07, 6.45) is -4.69. The zero-order chi connectivity index (χ0) is 13.5. The lowest BCUT2D eigenvalue weighted by Crippen LogP contribution is -2.32. The van der Waals surface area contributed by atoms with Gasteiger partial charge >= 0.3 is 12.2 Å². The van der Waals surface area contributed by atoms with Gasteiger partial charge in [-0.3, -0.25) is 4.79 Å². The lowest BCUT2D eigenvalue weighted by molar-refractivity contribution is -0.136. The molecule has 0 aliphatic carbocycles. The van der Waals surface area contributed by atoms with E-state index in [1.165, 1.54) is 12.1 Å². The van der Waals surface area contributed by atoms with Gasteiger partial charge in [0.05, 0.1) is 11.1 Å². The highest BCUT2D eigenvalue weighted by Crippen LogP contribution is 2.33. The number of aromatic nitrogens is 1. The second kappa shape index (κ2) is 3.86. The van der Waals surface area contributed by atoms with Crippen molar-refractivity contribution in [3.8, 4) is 0 Å². The molecule has 7 heteroatoms. The lowest BCUT2D eigenvalue weighted by Gasteiger charge is -2.12. The molecule has 1 aromatic heterocycles. The zero-order valence-electron chi connectivity index (χ0n) is 8.78. The van der Waals surface area contributed by atoms with E-state index in [-0.39, 0.29) is 10.9 Å². The average Bonchev–Trinajstić information content (AvgIpc) is 2.25. The van der Waals surface area contributed by atoms with E-state index in [0.717, 1.165) is 6.07 Å². The van der Waals surface area contributed by atoms with Gasteiger partial charge in [0, 0.05) is 11.5 Å². The number of carbonyl (C=O) groups excluding carboxylic acids is 1. The van der Waals surface area contributed by atoms with Crippen LogP contribution in [0.3, 0.4) is 0 Å². The number of rotatable bonds is 0. The minimum absolute atomic E-state index is 0.193. The molecule has 0 saturated heterocycles. The number of hydrogen-bond acceptors (Lipinski definition) is 2. The first kappa shape index (κ1) is 12.2. The summed E-state index contributed by atoms with van der Waals surface area (Å²) >= 11 is 0. The van der Waals surface area contributed by atoms with Crippen molar-refractivity contribution in [2.75, 3.05) is 0 Å². The van der Waals surface area contributed by atoms with Crippen LogP contribution in [0, 0.1) is 6.07 Å². The fourth-order valence-electron chi connectivity index (χ4n) is 1.68. The molecule has 0 bridgehead atoms. The largest absolute Gasteiger partial charge is 0.417 e. The molecule has 1 amide bonds. The van der Waals surface area contributed by atoms with Gasteiger partial charge in [0.25, 0.3) is 5.56 Å². The number of halogens is 3. The van der Waals surface area contributed by atoms with Crippen LogP contribution in [0.2, 0.25) is 0 Å². The number of hydrogen-bond donors (Lipinski definition) is 1. The first-order chi connectivity index (χ1) is 8.32. The van der Waals surface area contributed by atoms with Crippen molar-refractivity contribution in [3.63, 3.8) is 0 Å². The molecule has 93 valence electrons. The molecule has 0 spiro atoms. The first-order valence-corrected chi connectivity index (χ1v) is 4.75. The van der Waals surface area contributed by atoms with Crippen molar-refractivity contribution in [2.45, 2.75) is 6.18 Å². The minimum Gasteiger partial charge on any atom is -0.351 e. The van der Waals surface area contributed by atoms with Crippen molar-refractivity contribution < 1.29 is 18.0 Å². The van der Waals surface area contributed by atoms with Gasteiger partial charge in [-0.15, -0.1) is 0 Å². The number of amides is 1. The predicted octanol–water partition coefficient (Wildman–Crippen LogP) is 1.75. The summed E-state index contributed by atoms with van der Waals surface area (Å²) in [7, 11) is 0. The summed E-state index contributed by atoms with van der Waals surface area (Å²) < 4.78 is 38.7. The Morgan fingerprint density at radius 1 is 1.39 bits per heavy atom. The third-order valence-electron chi connectivity index (χ3n) is 2.39. The zero-order valence-corrected chi connectivity index (χ0v) is 8.78. The standard InChI is InChI=1S/C11H6F3N2O2/c12-11(13,14)7-5-9(17)16(10(15)18)8-4-2-1-3-6(7)8/h2-5H,(H2,15,18). The summed E-state index contributed by atoms with van der Waals surface area (Å²) in [5.41, 5.74) is 2.55. The Morgan fingerprint density at radius 3 is 2.61 bits per heavy atom. The Kier molecular flexibility index (Phi) is 2.61. The van der Waals surface area contributed by atoms with Crippen LogP contribution >= 0.6 is 0 Å². The van der Waals surface area contributed by atoms with Crippen LogP contribution in [0.15, 0.2) is 29.1 Å². The van der Waals surface area contributed by atoms with E-state index >= 15 is 0 Å². The molecule has 2 N–H and O–H groups in total. The van der Waals surface area contributed by atoms with E-state index in [1.54, 1.807) is 0 Å². The molecule has 2 aromatic rings. The molecule has 18 heavy (non-hydrogen) atoms. The molecule has 0 saturated carbocycles. The summed E-state index contributed by atoms with van der Waals surface area (Å²) in [4.78, 5) is 22.6. The Labute approximate surface area is 98.4 Å². The highest BCUT2D eigenvalue weighted by atomic mass is 19.4. The van der Waals surface area contributed by atoms with Gasteiger partial charge in [0.15, 0.2) is 0 Å². The molecule has 0 unspecified atom stereocenters. The molecule has 0 aliphatic rings. The van der Waals surface area contributed by atoms with Gasteiger partial charge in [0.2, 0.25) is 0 Å². The van der Waals surface area contributed by atoms with Crippen LogP contribution in [-0.2, 0) is 6.18 Å². The fraction of sp³-hybridized carbons (Fsp3) is 0.0909. The molecule has 0 fully saturated rings. The summed E-state index contributed by atoms with van der Waals surface area (Å²) in [6.45, 7) is 0. The first-order valence-electron chi connectivity index (χ1n) is 4.75. The summed E-state index contributed by atoms with van der Waals surface area (Å²) in [5.74, 6) is 0. The number of carbonyl (C=O) groups is 1. The number of benzene rings is 1. The molecule has 4 nitrogen and oxygen atoms in total. The van der Waals surface area contributed by atoms with Crippen LogP contribution in [-0.4, -0.2) is 10.6 Å². The quantitative estimate of drug-likeness (QED) is 0.779. The number of primary amides is 1. The Bertz CT molecular complexity index is 689. The highest BCUT2D eigenvalue weighted by Gasteiger charge is 2.34. The van der Waals surface area contributed by atoms with E-state index in [9.17, 15) is 22.8 Å². The number of fused-ring (bicyclic) bond motifs is 1. The third kappa shape index (κ3) is 1.83. The van der Waals surface area contributed by atoms with Crippen molar-refractivity contribution in [1.29, 1.82) is 0 Å². The van der Waals surface area contributed by atoms with E-state index < -0.39 is 23.3 Å². The number of pyridine rings is 1. The summed E-state index contributed by atoms with van der Waals surface area (Å²) in [6, 6.07) is 5.20. The van der Waals surface area contributed by atoms with Crippen LogP contribution in [0.1, 0.15) is 5.56 Å².